The number of aromatic nitrogens is 2. The fraction of sp³-hybridized carbons (Fsp3) is 0.130. The van der Waals surface area contributed by atoms with Gasteiger partial charge in [-0.1, -0.05) is 47.0 Å². The first-order chi connectivity index (χ1) is 15.1. The predicted octanol–water partition coefficient (Wildman–Crippen LogP) is 4.14. The highest BCUT2D eigenvalue weighted by Gasteiger charge is 2.36. The highest BCUT2D eigenvalue weighted by Crippen LogP contribution is 2.30. The van der Waals surface area contributed by atoms with Gasteiger partial charge in [0, 0.05) is 17.6 Å². The summed E-state index contributed by atoms with van der Waals surface area (Å²) in [5.41, 5.74) is 2.63. The molecule has 0 radical (unpaired) electrons. The average Bonchev–Trinajstić information content (AvgIpc) is 3.50. The Morgan fingerprint density at radius 1 is 1.10 bits per heavy atom. The number of hydrogen-bond acceptors (Lipinski definition) is 6. The lowest BCUT2D eigenvalue weighted by Crippen LogP contribution is -2.44. The van der Waals surface area contributed by atoms with Crippen molar-refractivity contribution in [2.45, 2.75) is 19.5 Å². The summed E-state index contributed by atoms with van der Waals surface area (Å²) >= 11 is 1.08. The van der Waals surface area contributed by atoms with Crippen molar-refractivity contribution in [3.63, 3.8) is 0 Å². The number of furan rings is 1. The smallest absolute Gasteiger partial charge is 0.280 e. The lowest BCUT2D eigenvalue weighted by Gasteiger charge is -2.29. The van der Waals surface area contributed by atoms with Crippen molar-refractivity contribution in [2.24, 2.45) is 0 Å². The van der Waals surface area contributed by atoms with Gasteiger partial charge in [0.1, 0.15) is 5.76 Å². The molecule has 1 atom stereocenters. The summed E-state index contributed by atoms with van der Waals surface area (Å²) in [4.78, 5) is 28.2. The summed E-state index contributed by atoms with van der Waals surface area (Å²) in [6.45, 7) is 2.25. The van der Waals surface area contributed by atoms with Crippen LogP contribution < -0.4 is 10.2 Å². The fourth-order valence-electron chi connectivity index (χ4n) is 3.24. The molecule has 8 heteroatoms. The standard InChI is InChI=1S/C23H20N4O3S/c1-16-7-5-10-18(13-16)27(23(29)19-15-31-26-25-19)21(20-11-6-12-30-20)22(28)24-14-17-8-3-2-4-9-17/h2-13,15,21H,14H2,1H3,(H,24,28)/t21-/m0/s1. The molecule has 31 heavy (non-hydrogen) atoms. The Bertz CT molecular complexity index is 1140. The quantitative estimate of drug-likeness (QED) is 0.474. The van der Waals surface area contributed by atoms with Gasteiger partial charge in [-0.3, -0.25) is 14.5 Å². The maximum Gasteiger partial charge on any atom is 0.280 e. The van der Waals surface area contributed by atoms with Crippen molar-refractivity contribution in [3.8, 4) is 0 Å². The molecule has 0 saturated heterocycles. The topological polar surface area (TPSA) is 88.3 Å². The van der Waals surface area contributed by atoms with Crippen molar-refractivity contribution in [1.29, 1.82) is 0 Å². The molecule has 0 saturated carbocycles. The number of rotatable bonds is 7. The third-order valence-corrected chi connectivity index (χ3v) is 5.21. The highest BCUT2D eigenvalue weighted by molar-refractivity contribution is 7.03. The van der Waals surface area contributed by atoms with Crippen molar-refractivity contribution in [3.05, 3.63) is 101 Å². The van der Waals surface area contributed by atoms with E-state index in [4.69, 9.17) is 4.42 Å². The summed E-state index contributed by atoms with van der Waals surface area (Å²) in [7, 11) is 0. The zero-order valence-electron chi connectivity index (χ0n) is 16.8. The Morgan fingerprint density at radius 2 is 1.94 bits per heavy atom. The lowest BCUT2D eigenvalue weighted by atomic mass is 10.1. The minimum Gasteiger partial charge on any atom is -0.467 e. The molecule has 0 aliphatic rings. The van der Waals surface area contributed by atoms with Gasteiger partial charge in [0.05, 0.1) is 6.26 Å². The number of anilines is 1. The van der Waals surface area contributed by atoms with Gasteiger partial charge in [0.25, 0.3) is 11.8 Å². The van der Waals surface area contributed by atoms with Gasteiger partial charge in [-0.05, 0) is 53.8 Å². The monoisotopic (exact) mass is 432 g/mol. The number of amides is 2. The molecular weight excluding hydrogens is 412 g/mol. The number of nitrogens with one attached hydrogen (secondary N) is 1. The largest absolute Gasteiger partial charge is 0.467 e. The van der Waals surface area contributed by atoms with Crippen molar-refractivity contribution in [1.82, 2.24) is 14.9 Å². The number of carbonyl (C=O) groups excluding carboxylic acids is 2. The molecule has 0 unspecified atom stereocenters. The van der Waals surface area contributed by atoms with E-state index in [9.17, 15) is 9.59 Å². The third-order valence-electron chi connectivity index (χ3n) is 4.71. The van der Waals surface area contributed by atoms with Crippen LogP contribution in [0.1, 0.15) is 33.4 Å². The second-order valence-corrected chi connectivity index (χ2v) is 7.54. The van der Waals surface area contributed by atoms with E-state index in [-0.39, 0.29) is 11.6 Å². The summed E-state index contributed by atoms with van der Waals surface area (Å²) < 4.78 is 9.38. The van der Waals surface area contributed by atoms with Gasteiger partial charge < -0.3 is 9.73 Å². The van der Waals surface area contributed by atoms with Gasteiger partial charge in [0.2, 0.25) is 0 Å². The van der Waals surface area contributed by atoms with E-state index in [1.54, 1.807) is 23.6 Å². The van der Waals surface area contributed by atoms with Crippen LogP contribution in [0.3, 0.4) is 0 Å². The minimum atomic E-state index is -1.02. The van der Waals surface area contributed by atoms with E-state index in [1.165, 1.54) is 11.2 Å². The van der Waals surface area contributed by atoms with Crippen LogP contribution in [-0.4, -0.2) is 21.4 Å². The molecular formula is C23H20N4O3S. The van der Waals surface area contributed by atoms with Crippen LogP contribution in [0.15, 0.2) is 82.8 Å². The summed E-state index contributed by atoms with van der Waals surface area (Å²) in [5, 5.41) is 8.40. The molecule has 4 rings (SSSR count). The van der Waals surface area contributed by atoms with E-state index < -0.39 is 11.9 Å². The number of hydrogen-bond donors (Lipinski definition) is 1. The number of benzene rings is 2. The van der Waals surface area contributed by atoms with Crippen molar-refractivity contribution in [2.75, 3.05) is 4.90 Å². The molecule has 0 spiro atoms. The summed E-state index contributed by atoms with van der Waals surface area (Å²) in [6, 6.07) is 19.3. The van der Waals surface area contributed by atoms with Crippen LogP contribution >= 0.6 is 11.5 Å². The Morgan fingerprint density at radius 3 is 2.61 bits per heavy atom. The maximum atomic E-state index is 13.4. The molecule has 2 amide bonds. The van der Waals surface area contributed by atoms with Crippen LogP contribution in [-0.2, 0) is 11.3 Å². The van der Waals surface area contributed by atoms with Crippen LogP contribution in [0.2, 0.25) is 0 Å². The van der Waals surface area contributed by atoms with Crippen molar-refractivity contribution < 1.29 is 14.0 Å². The van der Waals surface area contributed by atoms with Crippen LogP contribution in [0, 0.1) is 6.92 Å². The van der Waals surface area contributed by atoms with Gasteiger partial charge in [-0.2, -0.15) is 0 Å². The zero-order chi connectivity index (χ0) is 21.6. The SMILES string of the molecule is Cc1cccc(N(C(=O)c2csnn2)[C@H](C(=O)NCc2ccccc2)c2ccco2)c1. The van der Waals surface area contributed by atoms with E-state index in [0.29, 0.717) is 18.0 Å². The second-order valence-electron chi connectivity index (χ2n) is 6.93. The molecule has 4 aromatic rings. The van der Waals surface area contributed by atoms with Crippen molar-refractivity contribution >= 4 is 29.0 Å². The average molecular weight is 433 g/mol. The molecule has 2 heterocycles. The molecule has 0 bridgehead atoms. The van der Waals surface area contributed by atoms with Gasteiger partial charge >= 0.3 is 0 Å². The van der Waals surface area contributed by atoms with E-state index in [2.05, 4.69) is 14.9 Å². The Kier molecular flexibility index (Phi) is 6.18. The third kappa shape index (κ3) is 4.70. The van der Waals surface area contributed by atoms with E-state index >= 15 is 0 Å². The lowest BCUT2D eigenvalue weighted by molar-refractivity contribution is -0.123. The second kappa shape index (κ2) is 9.36. The number of aryl methyl sites for hydroxylation is 1. The molecule has 2 aromatic heterocycles. The van der Waals surface area contributed by atoms with Crippen LogP contribution in [0.4, 0.5) is 5.69 Å². The van der Waals surface area contributed by atoms with Crippen LogP contribution in [0.5, 0.6) is 0 Å². The maximum absolute atomic E-state index is 13.4. The Hall–Kier alpha value is -3.78. The molecule has 2 aromatic carbocycles. The van der Waals surface area contributed by atoms with Gasteiger partial charge in [-0.15, -0.1) is 5.10 Å². The van der Waals surface area contributed by atoms with Gasteiger partial charge in [0.15, 0.2) is 11.7 Å². The van der Waals surface area contributed by atoms with E-state index in [1.807, 2.05) is 55.5 Å². The molecule has 1 N–H and O–H groups in total. The Balaban J connectivity index is 1.73. The first kappa shape index (κ1) is 20.5. The molecule has 0 aliphatic heterocycles. The molecule has 7 nitrogen and oxygen atoms in total. The highest BCUT2D eigenvalue weighted by atomic mass is 32.1. The number of nitrogens with zero attached hydrogens (tertiary/aromatic N) is 3. The molecule has 0 fully saturated rings. The number of carbonyl (C=O) groups is 2. The zero-order valence-corrected chi connectivity index (χ0v) is 17.6. The Labute approximate surface area is 183 Å². The van der Waals surface area contributed by atoms with Crippen LogP contribution in [0.25, 0.3) is 0 Å². The summed E-state index contributed by atoms with van der Waals surface area (Å²) in [6.07, 6.45) is 1.48. The molecule has 156 valence electrons. The minimum absolute atomic E-state index is 0.166. The fourth-order valence-corrected chi connectivity index (χ4v) is 3.67. The predicted molar refractivity (Wildman–Crippen MR) is 118 cm³/mol. The normalized spacial score (nSPS) is 11.6. The summed E-state index contributed by atoms with van der Waals surface area (Å²) in [5.74, 6) is -0.448. The van der Waals surface area contributed by atoms with E-state index in [0.717, 1.165) is 22.7 Å². The first-order valence-electron chi connectivity index (χ1n) is 9.66. The van der Waals surface area contributed by atoms with Gasteiger partial charge in [-0.25, -0.2) is 0 Å². The first-order valence-corrected chi connectivity index (χ1v) is 10.5. The molecule has 0 aliphatic carbocycles.